The van der Waals surface area contributed by atoms with Crippen molar-refractivity contribution in [2.45, 2.75) is 52.7 Å². The Labute approximate surface area is 121 Å². The molecule has 0 spiro atoms. The molecule has 1 unspecified atom stereocenters. The molecule has 1 atom stereocenters. The Morgan fingerprint density at radius 2 is 2.25 bits per heavy atom. The fraction of sp³-hybridized carbons (Fsp3) is 0.733. The van der Waals surface area contributed by atoms with E-state index >= 15 is 0 Å². The van der Waals surface area contributed by atoms with Crippen LogP contribution in [0.3, 0.4) is 0 Å². The van der Waals surface area contributed by atoms with Crippen LogP contribution in [-0.4, -0.2) is 35.2 Å². The molecule has 112 valence electrons. The van der Waals surface area contributed by atoms with Gasteiger partial charge in [0.1, 0.15) is 5.82 Å². The van der Waals surface area contributed by atoms with Crippen molar-refractivity contribution >= 4 is 5.82 Å². The van der Waals surface area contributed by atoms with Crippen LogP contribution in [0.4, 0.5) is 5.82 Å². The molecular formula is C15H26N4O. The molecule has 0 amide bonds. The van der Waals surface area contributed by atoms with Gasteiger partial charge in [-0.25, -0.2) is 0 Å². The van der Waals surface area contributed by atoms with E-state index in [0.717, 1.165) is 18.9 Å². The normalized spacial score (nSPS) is 21.8. The first kappa shape index (κ1) is 15.0. The number of anilines is 1. The predicted octanol–water partition coefficient (Wildman–Crippen LogP) is 2.45. The molecule has 1 aromatic rings. The lowest BCUT2D eigenvalue weighted by Gasteiger charge is -2.39. The minimum Gasteiger partial charge on any atom is -0.474 e. The fourth-order valence-corrected chi connectivity index (χ4v) is 2.56. The number of nitrogens with zero attached hydrogens (tertiary/aromatic N) is 2. The summed E-state index contributed by atoms with van der Waals surface area (Å²) in [5.74, 6) is 1.34. The largest absolute Gasteiger partial charge is 0.474 e. The van der Waals surface area contributed by atoms with Gasteiger partial charge in [0.15, 0.2) is 0 Å². The zero-order valence-electron chi connectivity index (χ0n) is 12.9. The molecule has 2 N–H and O–H groups in total. The summed E-state index contributed by atoms with van der Waals surface area (Å²) < 4.78 is 5.56. The highest BCUT2D eigenvalue weighted by molar-refractivity contribution is 5.33. The topological polar surface area (TPSA) is 59.1 Å². The van der Waals surface area contributed by atoms with Gasteiger partial charge in [0.2, 0.25) is 5.88 Å². The van der Waals surface area contributed by atoms with Crippen molar-refractivity contribution in [2.75, 3.05) is 18.4 Å². The summed E-state index contributed by atoms with van der Waals surface area (Å²) >= 11 is 0. The molecule has 1 saturated heterocycles. The minimum atomic E-state index is 0.110. The van der Waals surface area contributed by atoms with Crippen LogP contribution in [0.25, 0.3) is 0 Å². The van der Waals surface area contributed by atoms with E-state index in [1.165, 1.54) is 12.8 Å². The van der Waals surface area contributed by atoms with Crippen LogP contribution in [0, 0.1) is 5.41 Å². The fourth-order valence-electron chi connectivity index (χ4n) is 2.56. The van der Waals surface area contributed by atoms with Gasteiger partial charge in [0.05, 0.1) is 18.5 Å². The molecule has 0 bridgehead atoms. The Hall–Kier alpha value is -1.36. The molecule has 0 saturated carbocycles. The SMILES string of the molecule is CC(C)Oc1cncc(NCC2NCCCC2(C)C)n1. The third-order valence-corrected chi connectivity index (χ3v) is 3.79. The van der Waals surface area contributed by atoms with E-state index in [1.807, 2.05) is 13.8 Å². The lowest BCUT2D eigenvalue weighted by molar-refractivity contribution is 0.188. The predicted molar refractivity (Wildman–Crippen MR) is 81.1 cm³/mol. The van der Waals surface area contributed by atoms with Crippen molar-refractivity contribution in [3.63, 3.8) is 0 Å². The Morgan fingerprint density at radius 1 is 1.45 bits per heavy atom. The van der Waals surface area contributed by atoms with Crippen LogP contribution in [0.1, 0.15) is 40.5 Å². The highest BCUT2D eigenvalue weighted by atomic mass is 16.5. The summed E-state index contributed by atoms with van der Waals surface area (Å²) in [6.45, 7) is 10.5. The van der Waals surface area contributed by atoms with Crippen molar-refractivity contribution in [3.8, 4) is 5.88 Å². The van der Waals surface area contributed by atoms with Gasteiger partial charge in [-0.2, -0.15) is 4.98 Å². The molecule has 2 rings (SSSR count). The maximum absolute atomic E-state index is 5.56. The zero-order valence-corrected chi connectivity index (χ0v) is 12.9. The number of ether oxygens (including phenoxy) is 1. The lowest BCUT2D eigenvalue weighted by atomic mass is 9.77. The molecule has 2 heterocycles. The van der Waals surface area contributed by atoms with Crippen LogP contribution in [0.15, 0.2) is 12.4 Å². The highest BCUT2D eigenvalue weighted by Gasteiger charge is 2.31. The van der Waals surface area contributed by atoms with Crippen LogP contribution >= 0.6 is 0 Å². The third kappa shape index (κ3) is 4.07. The lowest BCUT2D eigenvalue weighted by Crippen LogP contribution is -2.50. The second-order valence-electron chi connectivity index (χ2n) is 6.39. The van der Waals surface area contributed by atoms with Gasteiger partial charge in [-0.05, 0) is 38.6 Å². The number of nitrogens with one attached hydrogen (secondary N) is 2. The van der Waals surface area contributed by atoms with Crippen molar-refractivity contribution in [1.82, 2.24) is 15.3 Å². The van der Waals surface area contributed by atoms with E-state index in [2.05, 4.69) is 34.4 Å². The van der Waals surface area contributed by atoms with E-state index in [4.69, 9.17) is 4.74 Å². The molecule has 1 aliphatic rings. The van der Waals surface area contributed by atoms with E-state index in [0.29, 0.717) is 17.3 Å². The third-order valence-electron chi connectivity index (χ3n) is 3.79. The Bertz CT molecular complexity index is 434. The zero-order chi connectivity index (χ0) is 14.6. The Balaban J connectivity index is 1.93. The van der Waals surface area contributed by atoms with Gasteiger partial charge in [-0.15, -0.1) is 0 Å². The Kier molecular flexibility index (Phi) is 4.81. The van der Waals surface area contributed by atoms with Gasteiger partial charge in [0.25, 0.3) is 0 Å². The van der Waals surface area contributed by atoms with E-state index < -0.39 is 0 Å². The number of rotatable bonds is 5. The monoisotopic (exact) mass is 278 g/mol. The molecule has 0 radical (unpaired) electrons. The van der Waals surface area contributed by atoms with E-state index in [-0.39, 0.29) is 6.10 Å². The first-order valence-corrected chi connectivity index (χ1v) is 7.43. The standard InChI is InChI=1S/C15H26N4O/c1-11(2)20-14-10-16-9-13(19-14)18-8-12-15(3,4)6-5-7-17-12/h9-12,17H,5-8H2,1-4H3,(H,18,19). The van der Waals surface area contributed by atoms with Crippen LogP contribution in [0.2, 0.25) is 0 Å². The average Bonchev–Trinajstić information content (AvgIpc) is 2.36. The summed E-state index contributed by atoms with van der Waals surface area (Å²) in [4.78, 5) is 8.59. The Morgan fingerprint density at radius 3 is 2.95 bits per heavy atom. The molecule has 0 aliphatic carbocycles. The second kappa shape index (κ2) is 6.39. The van der Waals surface area contributed by atoms with Crippen molar-refractivity contribution < 1.29 is 4.74 Å². The molecule has 5 nitrogen and oxygen atoms in total. The molecular weight excluding hydrogens is 252 g/mol. The minimum absolute atomic E-state index is 0.110. The summed E-state index contributed by atoms with van der Waals surface area (Å²) in [6.07, 6.45) is 6.01. The van der Waals surface area contributed by atoms with Crippen molar-refractivity contribution in [1.29, 1.82) is 0 Å². The molecule has 1 fully saturated rings. The van der Waals surface area contributed by atoms with E-state index in [9.17, 15) is 0 Å². The molecule has 5 heteroatoms. The summed E-state index contributed by atoms with van der Waals surface area (Å²) in [7, 11) is 0. The molecule has 1 aliphatic heterocycles. The van der Waals surface area contributed by atoms with Crippen molar-refractivity contribution in [2.24, 2.45) is 5.41 Å². The quantitative estimate of drug-likeness (QED) is 0.866. The number of hydrogen-bond acceptors (Lipinski definition) is 5. The maximum Gasteiger partial charge on any atom is 0.234 e. The molecule has 20 heavy (non-hydrogen) atoms. The van der Waals surface area contributed by atoms with Gasteiger partial charge in [0, 0.05) is 12.6 Å². The van der Waals surface area contributed by atoms with Gasteiger partial charge >= 0.3 is 0 Å². The first-order valence-electron chi connectivity index (χ1n) is 7.43. The second-order valence-corrected chi connectivity index (χ2v) is 6.39. The van der Waals surface area contributed by atoms with Crippen LogP contribution < -0.4 is 15.4 Å². The van der Waals surface area contributed by atoms with Crippen molar-refractivity contribution in [3.05, 3.63) is 12.4 Å². The van der Waals surface area contributed by atoms with E-state index in [1.54, 1.807) is 12.4 Å². The summed E-state index contributed by atoms with van der Waals surface area (Å²) in [5.41, 5.74) is 0.310. The maximum atomic E-state index is 5.56. The molecule has 0 aromatic carbocycles. The first-order chi connectivity index (χ1) is 9.47. The van der Waals surface area contributed by atoms with Crippen LogP contribution in [-0.2, 0) is 0 Å². The number of aromatic nitrogens is 2. The summed E-state index contributed by atoms with van der Waals surface area (Å²) in [5, 5.41) is 6.95. The molecule has 1 aromatic heterocycles. The van der Waals surface area contributed by atoms with Crippen LogP contribution in [0.5, 0.6) is 5.88 Å². The number of hydrogen-bond donors (Lipinski definition) is 2. The smallest absolute Gasteiger partial charge is 0.234 e. The van der Waals surface area contributed by atoms with Gasteiger partial charge in [-0.3, -0.25) is 4.98 Å². The number of piperidine rings is 1. The van der Waals surface area contributed by atoms with Gasteiger partial charge in [-0.1, -0.05) is 13.8 Å². The highest BCUT2D eigenvalue weighted by Crippen LogP contribution is 2.30. The average molecular weight is 278 g/mol. The van der Waals surface area contributed by atoms with Gasteiger partial charge < -0.3 is 15.4 Å². The summed E-state index contributed by atoms with van der Waals surface area (Å²) in [6, 6.07) is 0.452.